The summed E-state index contributed by atoms with van der Waals surface area (Å²) < 4.78 is 57.0. The SMILES string of the molecule is Cn1c(=O)n(Cc2cncc(F)c2)c2cc(-c3ccc(F)c(F)c3F)cnc21. The predicted molar refractivity (Wildman–Crippen MR) is 93.6 cm³/mol. The quantitative estimate of drug-likeness (QED) is 0.399. The number of imidazole rings is 1. The number of aromatic nitrogens is 4. The summed E-state index contributed by atoms with van der Waals surface area (Å²) in [6.45, 7) is 0.00628. The molecule has 0 aliphatic rings. The van der Waals surface area contributed by atoms with Gasteiger partial charge in [0.15, 0.2) is 23.1 Å². The highest BCUT2D eigenvalue weighted by Crippen LogP contribution is 2.27. The fourth-order valence-corrected chi connectivity index (χ4v) is 3.05. The molecule has 4 aromatic rings. The van der Waals surface area contributed by atoms with Crippen molar-refractivity contribution in [2.75, 3.05) is 0 Å². The van der Waals surface area contributed by atoms with Crippen molar-refractivity contribution in [2.45, 2.75) is 6.54 Å². The molecule has 9 heteroatoms. The second-order valence-electron chi connectivity index (χ2n) is 6.23. The minimum Gasteiger partial charge on any atom is -0.286 e. The Bertz CT molecular complexity index is 1280. The predicted octanol–water partition coefficient (Wildman–Crippen LogP) is 3.40. The van der Waals surface area contributed by atoms with E-state index < -0.39 is 29.0 Å². The molecule has 0 bridgehead atoms. The van der Waals surface area contributed by atoms with Gasteiger partial charge in [0.05, 0.1) is 18.3 Å². The summed E-state index contributed by atoms with van der Waals surface area (Å²) in [4.78, 5) is 20.5. The van der Waals surface area contributed by atoms with E-state index in [0.717, 1.165) is 18.3 Å². The first-order valence-corrected chi connectivity index (χ1v) is 8.15. The number of rotatable bonds is 3. The van der Waals surface area contributed by atoms with Crippen LogP contribution in [0, 0.1) is 23.3 Å². The van der Waals surface area contributed by atoms with Crippen LogP contribution < -0.4 is 5.69 Å². The number of fused-ring (bicyclic) bond motifs is 1. The highest BCUT2D eigenvalue weighted by molar-refractivity contribution is 5.79. The molecule has 0 fully saturated rings. The first-order chi connectivity index (χ1) is 13.4. The zero-order valence-electron chi connectivity index (χ0n) is 14.5. The van der Waals surface area contributed by atoms with Gasteiger partial charge in [-0.25, -0.2) is 27.3 Å². The zero-order chi connectivity index (χ0) is 20.0. The largest absolute Gasteiger partial charge is 0.330 e. The molecule has 1 aromatic carbocycles. The third kappa shape index (κ3) is 2.84. The summed E-state index contributed by atoms with van der Waals surface area (Å²) >= 11 is 0. The van der Waals surface area contributed by atoms with E-state index in [9.17, 15) is 22.4 Å². The Morgan fingerprint density at radius 2 is 1.79 bits per heavy atom. The molecule has 0 aliphatic heterocycles. The van der Waals surface area contributed by atoms with Crippen LogP contribution in [-0.4, -0.2) is 19.1 Å². The maximum absolute atomic E-state index is 14.2. The van der Waals surface area contributed by atoms with E-state index in [1.165, 1.54) is 40.7 Å². The fraction of sp³-hybridized carbons (Fsp3) is 0.105. The van der Waals surface area contributed by atoms with Gasteiger partial charge in [0, 0.05) is 30.6 Å². The third-order valence-corrected chi connectivity index (χ3v) is 4.42. The van der Waals surface area contributed by atoms with Gasteiger partial charge in [0.1, 0.15) is 5.82 Å². The van der Waals surface area contributed by atoms with Gasteiger partial charge in [-0.15, -0.1) is 0 Å². The molecule has 0 saturated heterocycles. The monoisotopic (exact) mass is 388 g/mol. The number of aryl methyl sites for hydroxylation is 1. The third-order valence-electron chi connectivity index (χ3n) is 4.42. The molecule has 0 radical (unpaired) electrons. The van der Waals surface area contributed by atoms with Gasteiger partial charge in [-0.3, -0.25) is 14.1 Å². The standard InChI is InChI=1S/C19H12F4N4O/c1-26-18-15(27(19(26)28)9-10-4-12(20)8-24-6-10)5-11(7-25-18)13-2-3-14(21)17(23)16(13)22/h2-8H,9H2,1H3. The minimum absolute atomic E-state index is 0.00628. The van der Waals surface area contributed by atoms with Crippen molar-refractivity contribution in [3.05, 3.63) is 82.2 Å². The molecular weight excluding hydrogens is 376 g/mol. The van der Waals surface area contributed by atoms with Crippen LogP contribution in [0.3, 0.4) is 0 Å². The molecule has 0 unspecified atom stereocenters. The van der Waals surface area contributed by atoms with Crippen molar-refractivity contribution in [1.29, 1.82) is 0 Å². The summed E-state index contributed by atoms with van der Waals surface area (Å²) in [5.74, 6) is -4.78. The van der Waals surface area contributed by atoms with Gasteiger partial charge in [-0.2, -0.15) is 0 Å². The van der Waals surface area contributed by atoms with E-state index in [0.29, 0.717) is 16.7 Å². The normalized spacial score (nSPS) is 11.3. The Morgan fingerprint density at radius 3 is 2.54 bits per heavy atom. The van der Waals surface area contributed by atoms with Crippen LogP contribution in [0.5, 0.6) is 0 Å². The van der Waals surface area contributed by atoms with E-state index in [2.05, 4.69) is 9.97 Å². The van der Waals surface area contributed by atoms with E-state index >= 15 is 0 Å². The van der Waals surface area contributed by atoms with Crippen molar-refractivity contribution in [2.24, 2.45) is 7.05 Å². The van der Waals surface area contributed by atoms with Crippen LogP contribution in [0.1, 0.15) is 5.56 Å². The lowest BCUT2D eigenvalue weighted by atomic mass is 10.1. The van der Waals surface area contributed by atoms with Crippen molar-refractivity contribution in [1.82, 2.24) is 19.1 Å². The van der Waals surface area contributed by atoms with Crippen LogP contribution in [-0.2, 0) is 13.6 Å². The number of benzene rings is 1. The van der Waals surface area contributed by atoms with Crippen molar-refractivity contribution >= 4 is 11.2 Å². The van der Waals surface area contributed by atoms with Crippen LogP contribution >= 0.6 is 0 Å². The number of pyridine rings is 2. The lowest BCUT2D eigenvalue weighted by Gasteiger charge is -2.07. The van der Waals surface area contributed by atoms with E-state index in [1.54, 1.807) is 0 Å². The van der Waals surface area contributed by atoms with Crippen molar-refractivity contribution in [3.8, 4) is 11.1 Å². The van der Waals surface area contributed by atoms with Gasteiger partial charge >= 0.3 is 5.69 Å². The van der Waals surface area contributed by atoms with E-state index in [1.807, 2.05) is 0 Å². The molecule has 5 nitrogen and oxygen atoms in total. The van der Waals surface area contributed by atoms with Crippen molar-refractivity contribution < 1.29 is 17.6 Å². The van der Waals surface area contributed by atoms with Gasteiger partial charge in [-0.1, -0.05) is 0 Å². The Labute approximate surface area is 155 Å². The minimum atomic E-state index is -1.59. The summed E-state index contributed by atoms with van der Waals surface area (Å²) in [5, 5.41) is 0. The molecule has 3 aromatic heterocycles. The van der Waals surface area contributed by atoms with Gasteiger partial charge < -0.3 is 0 Å². The van der Waals surface area contributed by atoms with Crippen LogP contribution in [0.25, 0.3) is 22.3 Å². The first-order valence-electron chi connectivity index (χ1n) is 8.15. The molecule has 4 rings (SSSR count). The lowest BCUT2D eigenvalue weighted by molar-refractivity contribution is 0.449. The van der Waals surface area contributed by atoms with Gasteiger partial charge in [0.25, 0.3) is 0 Å². The molecule has 0 N–H and O–H groups in total. The van der Waals surface area contributed by atoms with Crippen LogP contribution in [0.4, 0.5) is 17.6 Å². The Hall–Kier alpha value is -3.49. The second-order valence-corrected chi connectivity index (χ2v) is 6.23. The number of hydrogen-bond donors (Lipinski definition) is 0. The topological polar surface area (TPSA) is 52.7 Å². The summed E-state index contributed by atoms with van der Waals surface area (Å²) in [6.07, 6.45) is 3.73. The Morgan fingerprint density at radius 1 is 1.00 bits per heavy atom. The van der Waals surface area contributed by atoms with Gasteiger partial charge in [0.2, 0.25) is 0 Å². The van der Waals surface area contributed by atoms with Crippen LogP contribution in [0.15, 0.2) is 47.7 Å². The van der Waals surface area contributed by atoms with E-state index in [4.69, 9.17) is 0 Å². The summed E-state index contributed by atoms with van der Waals surface area (Å²) in [7, 11) is 1.51. The molecule has 28 heavy (non-hydrogen) atoms. The fourth-order valence-electron chi connectivity index (χ4n) is 3.05. The van der Waals surface area contributed by atoms with Gasteiger partial charge in [-0.05, 0) is 29.8 Å². The van der Waals surface area contributed by atoms with Crippen LogP contribution in [0.2, 0.25) is 0 Å². The number of nitrogens with zero attached hydrogens (tertiary/aromatic N) is 4. The number of hydrogen-bond acceptors (Lipinski definition) is 3. The molecular formula is C19H12F4N4O. The zero-order valence-corrected chi connectivity index (χ0v) is 14.5. The molecule has 0 atom stereocenters. The van der Waals surface area contributed by atoms with Crippen molar-refractivity contribution in [3.63, 3.8) is 0 Å². The summed E-state index contributed by atoms with van der Waals surface area (Å²) in [5.41, 5.74) is 0.636. The average molecular weight is 388 g/mol. The molecule has 0 amide bonds. The smallest absolute Gasteiger partial charge is 0.286 e. The average Bonchev–Trinajstić information content (AvgIpc) is 2.91. The Kier molecular flexibility index (Phi) is 4.21. The maximum Gasteiger partial charge on any atom is 0.330 e. The highest BCUT2D eigenvalue weighted by Gasteiger charge is 2.18. The lowest BCUT2D eigenvalue weighted by Crippen LogP contribution is -2.22. The maximum atomic E-state index is 14.2. The summed E-state index contributed by atoms with van der Waals surface area (Å²) in [6, 6.07) is 4.60. The molecule has 3 heterocycles. The van der Waals surface area contributed by atoms with E-state index in [-0.39, 0.29) is 17.7 Å². The Balaban J connectivity index is 1.90. The highest BCUT2D eigenvalue weighted by atomic mass is 19.2. The molecule has 0 saturated carbocycles. The second kappa shape index (κ2) is 6.59. The molecule has 142 valence electrons. The first kappa shape index (κ1) is 17.9. The molecule has 0 aliphatic carbocycles. The molecule has 0 spiro atoms. The number of halogens is 4.